The number of rotatable bonds is 8. The highest BCUT2D eigenvalue weighted by molar-refractivity contribution is 6.02. The average molecular weight is 474 g/mol. The monoisotopic (exact) mass is 473 g/mol. The van der Waals surface area contributed by atoms with Crippen molar-refractivity contribution in [2.75, 3.05) is 13.1 Å². The summed E-state index contributed by atoms with van der Waals surface area (Å²) in [5.41, 5.74) is 4.18. The Morgan fingerprint density at radius 3 is 2.77 bits per heavy atom. The quantitative estimate of drug-likeness (QED) is 0.518. The number of amides is 2. The highest BCUT2D eigenvalue weighted by Gasteiger charge is 2.39. The predicted molar refractivity (Wildman–Crippen MR) is 134 cm³/mol. The molecule has 1 unspecified atom stereocenters. The number of nitrogens with one attached hydrogen (secondary N) is 1. The van der Waals surface area contributed by atoms with Crippen LogP contribution >= 0.6 is 0 Å². The van der Waals surface area contributed by atoms with Crippen LogP contribution in [0.1, 0.15) is 53.9 Å². The van der Waals surface area contributed by atoms with Crippen LogP contribution in [0, 0.1) is 0 Å². The molecule has 182 valence electrons. The van der Waals surface area contributed by atoms with Crippen LogP contribution < -0.4 is 10.1 Å². The molecule has 0 radical (unpaired) electrons. The second kappa shape index (κ2) is 9.58. The van der Waals surface area contributed by atoms with E-state index in [1.54, 1.807) is 11.0 Å². The largest absolute Gasteiger partial charge is 0.485 e. The lowest BCUT2D eigenvalue weighted by Gasteiger charge is -2.30. The van der Waals surface area contributed by atoms with E-state index in [1.165, 1.54) is 5.56 Å². The van der Waals surface area contributed by atoms with Gasteiger partial charge in [-0.2, -0.15) is 0 Å². The van der Waals surface area contributed by atoms with Crippen molar-refractivity contribution in [1.82, 2.24) is 15.1 Å². The van der Waals surface area contributed by atoms with Gasteiger partial charge in [-0.25, -0.2) is 0 Å². The van der Waals surface area contributed by atoms with Crippen molar-refractivity contribution in [1.29, 1.82) is 0 Å². The molecule has 2 aromatic carbocycles. The summed E-state index contributed by atoms with van der Waals surface area (Å²) in [5, 5.41) is 3.83. The van der Waals surface area contributed by atoms with Crippen molar-refractivity contribution in [3.8, 4) is 5.75 Å². The molecule has 2 aliphatic heterocycles. The molecule has 5 rings (SSSR count). The SMILES string of the molecule is C=C1CCC(N2Cc3c(OCc4cc5cc(CN(CC)CC)ccc5o4)cccc3C2=O)C(=O)N1. The Morgan fingerprint density at radius 2 is 2.00 bits per heavy atom. The lowest BCUT2D eigenvalue weighted by Crippen LogP contribution is -2.49. The van der Waals surface area contributed by atoms with Gasteiger partial charge in [-0.15, -0.1) is 0 Å². The summed E-state index contributed by atoms with van der Waals surface area (Å²) < 4.78 is 12.1. The minimum Gasteiger partial charge on any atom is -0.485 e. The molecule has 7 heteroatoms. The number of hydrogen-bond acceptors (Lipinski definition) is 5. The summed E-state index contributed by atoms with van der Waals surface area (Å²) in [6, 6.07) is 13.3. The fraction of sp³-hybridized carbons (Fsp3) is 0.357. The number of piperidine rings is 1. The predicted octanol–water partition coefficient (Wildman–Crippen LogP) is 4.60. The Balaban J connectivity index is 1.30. The Hall–Kier alpha value is -3.58. The second-order valence-corrected chi connectivity index (χ2v) is 9.20. The number of benzene rings is 2. The van der Waals surface area contributed by atoms with Crippen LogP contribution in [-0.4, -0.2) is 40.7 Å². The van der Waals surface area contributed by atoms with Gasteiger partial charge >= 0.3 is 0 Å². The Bertz CT molecular complexity index is 1290. The maximum Gasteiger partial charge on any atom is 0.255 e. The summed E-state index contributed by atoms with van der Waals surface area (Å²) in [4.78, 5) is 29.5. The Labute approximate surface area is 205 Å². The minimum atomic E-state index is -0.492. The third-order valence-corrected chi connectivity index (χ3v) is 6.95. The molecule has 7 nitrogen and oxygen atoms in total. The van der Waals surface area contributed by atoms with Gasteiger partial charge in [-0.3, -0.25) is 14.5 Å². The van der Waals surface area contributed by atoms with E-state index in [9.17, 15) is 9.59 Å². The normalized spacial score (nSPS) is 17.9. The summed E-state index contributed by atoms with van der Waals surface area (Å²) in [6.07, 6.45) is 1.25. The van der Waals surface area contributed by atoms with E-state index >= 15 is 0 Å². The fourth-order valence-corrected chi connectivity index (χ4v) is 4.94. The summed E-state index contributed by atoms with van der Waals surface area (Å²) in [5.74, 6) is 1.06. The first kappa shape index (κ1) is 23.2. The van der Waals surface area contributed by atoms with Gasteiger partial charge in [-0.1, -0.05) is 32.6 Å². The third-order valence-electron chi connectivity index (χ3n) is 6.95. The topological polar surface area (TPSA) is 75.0 Å². The van der Waals surface area contributed by atoms with E-state index in [-0.39, 0.29) is 18.4 Å². The van der Waals surface area contributed by atoms with Gasteiger partial charge < -0.3 is 19.4 Å². The molecule has 3 aromatic rings. The molecule has 0 bridgehead atoms. The number of furan rings is 1. The smallest absolute Gasteiger partial charge is 0.255 e. The lowest BCUT2D eigenvalue weighted by molar-refractivity contribution is -0.126. The van der Waals surface area contributed by atoms with Gasteiger partial charge in [0.1, 0.15) is 29.7 Å². The summed E-state index contributed by atoms with van der Waals surface area (Å²) >= 11 is 0. The van der Waals surface area contributed by atoms with Crippen LogP contribution in [0.5, 0.6) is 5.75 Å². The maximum absolute atomic E-state index is 13.1. The molecule has 1 fully saturated rings. The molecule has 2 aliphatic rings. The first-order valence-corrected chi connectivity index (χ1v) is 12.2. The highest BCUT2D eigenvalue weighted by atomic mass is 16.5. The molecule has 2 amide bonds. The zero-order valence-corrected chi connectivity index (χ0v) is 20.3. The van der Waals surface area contributed by atoms with E-state index in [1.807, 2.05) is 24.3 Å². The average Bonchev–Trinajstić information content (AvgIpc) is 3.42. The van der Waals surface area contributed by atoms with Crippen molar-refractivity contribution in [3.05, 3.63) is 77.2 Å². The van der Waals surface area contributed by atoms with E-state index in [4.69, 9.17) is 9.15 Å². The van der Waals surface area contributed by atoms with Gasteiger partial charge in [-0.05, 0) is 61.8 Å². The zero-order chi connectivity index (χ0) is 24.5. The van der Waals surface area contributed by atoms with Gasteiger partial charge in [0.05, 0.1) is 6.54 Å². The van der Waals surface area contributed by atoms with E-state index in [0.29, 0.717) is 36.4 Å². The zero-order valence-electron chi connectivity index (χ0n) is 20.3. The van der Waals surface area contributed by atoms with Crippen molar-refractivity contribution in [3.63, 3.8) is 0 Å². The number of hydrogen-bond donors (Lipinski definition) is 1. The van der Waals surface area contributed by atoms with Crippen LogP contribution in [0.25, 0.3) is 11.0 Å². The molecule has 1 saturated heterocycles. The van der Waals surface area contributed by atoms with Crippen molar-refractivity contribution in [2.45, 2.75) is 52.4 Å². The standard InChI is InChI=1S/C28H31N3O4/c1-4-30(5-2)15-19-10-12-25-20(13-19)14-21(35-25)17-34-26-8-6-7-22-23(26)16-31(28(22)33)24-11-9-18(3)29-27(24)32/h6-8,10,12-14,24H,3-5,9,11,15-17H2,1-2H3,(H,29,32). The summed E-state index contributed by atoms with van der Waals surface area (Å²) in [6.45, 7) is 11.7. The van der Waals surface area contributed by atoms with Crippen LogP contribution in [0.15, 0.2) is 59.2 Å². The molecule has 3 heterocycles. The van der Waals surface area contributed by atoms with E-state index in [0.717, 1.165) is 41.9 Å². The molecule has 1 aromatic heterocycles. The first-order chi connectivity index (χ1) is 17.0. The van der Waals surface area contributed by atoms with Crippen LogP contribution in [-0.2, 0) is 24.5 Å². The van der Waals surface area contributed by atoms with Crippen molar-refractivity contribution < 1.29 is 18.7 Å². The van der Waals surface area contributed by atoms with Gasteiger partial charge in [0, 0.05) is 28.8 Å². The van der Waals surface area contributed by atoms with Crippen LogP contribution in [0.4, 0.5) is 0 Å². The molecule has 35 heavy (non-hydrogen) atoms. The fourth-order valence-electron chi connectivity index (χ4n) is 4.94. The Kier molecular flexibility index (Phi) is 6.34. The highest BCUT2D eigenvalue weighted by Crippen LogP contribution is 2.34. The minimum absolute atomic E-state index is 0.136. The van der Waals surface area contributed by atoms with Gasteiger partial charge in [0.2, 0.25) is 5.91 Å². The molecular weight excluding hydrogens is 442 g/mol. The molecule has 1 atom stereocenters. The van der Waals surface area contributed by atoms with E-state index in [2.05, 4.69) is 42.8 Å². The van der Waals surface area contributed by atoms with Gasteiger partial charge in [0.25, 0.3) is 5.91 Å². The number of carbonyl (C=O) groups is 2. The number of carbonyl (C=O) groups excluding carboxylic acids is 2. The van der Waals surface area contributed by atoms with Crippen LogP contribution in [0.2, 0.25) is 0 Å². The van der Waals surface area contributed by atoms with Crippen molar-refractivity contribution in [2.24, 2.45) is 0 Å². The molecule has 0 spiro atoms. The van der Waals surface area contributed by atoms with E-state index < -0.39 is 6.04 Å². The molecule has 0 aliphatic carbocycles. The lowest BCUT2D eigenvalue weighted by atomic mass is 10.0. The maximum atomic E-state index is 13.1. The third kappa shape index (κ3) is 4.56. The molecular formula is C28H31N3O4. The second-order valence-electron chi connectivity index (χ2n) is 9.20. The van der Waals surface area contributed by atoms with Crippen LogP contribution in [0.3, 0.4) is 0 Å². The molecule has 0 saturated carbocycles. The number of ether oxygens (including phenoxy) is 1. The molecule has 1 N–H and O–H groups in total. The first-order valence-electron chi connectivity index (χ1n) is 12.2. The van der Waals surface area contributed by atoms with Gasteiger partial charge in [0.15, 0.2) is 0 Å². The summed E-state index contributed by atoms with van der Waals surface area (Å²) in [7, 11) is 0. The number of fused-ring (bicyclic) bond motifs is 2. The number of allylic oxidation sites excluding steroid dienone is 1. The Morgan fingerprint density at radius 1 is 1.17 bits per heavy atom. The van der Waals surface area contributed by atoms with Crippen molar-refractivity contribution >= 4 is 22.8 Å². The number of nitrogens with zero attached hydrogens (tertiary/aromatic N) is 2.